The minimum Gasteiger partial charge on any atom is -0.335 e. The molecule has 78 valence electrons. The zero-order valence-electron chi connectivity index (χ0n) is 7.37. The van der Waals surface area contributed by atoms with Crippen LogP contribution < -0.4 is 5.84 Å². The summed E-state index contributed by atoms with van der Waals surface area (Å²) >= 11 is 4.78. The number of halogens is 2. The maximum Gasteiger partial charge on any atom is 0.214 e. The fraction of sp³-hybridized carbons (Fsp3) is 0. The second-order valence-corrected chi connectivity index (χ2v) is 3.24. The van der Waals surface area contributed by atoms with Crippen molar-refractivity contribution < 1.29 is 8.78 Å². The summed E-state index contributed by atoms with van der Waals surface area (Å²) in [6.07, 6.45) is 0. The first-order valence-corrected chi connectivity index (χ1v) is 4.38. The molecule has 1 aromatic heterocycles. The molecule has 0 saturated carbocycles. The van der Waals surface area contributed by atoms with Gasteiger partial charge in [0.15, 0.2) is 17.5 Å². The minimum atomic E-state index is -0.957. The van der Waals surface area contributed by atoms with Gasteiger partial charge in [-0.2, -0.15) is 5.10 Å². The van der Waals surface area contributed by atoms with Crippen molar-refractivity contribution in [3.8, 4) is 11.4 Å². The van der Waals surface area contributed by atoms with Gasteiger partial charge in [0, 0.05) is 5.56 Å². The quantitative estimate of drug-likeness (QED) is 0.575. The number of hydrogen-bond acceptors (Lipinski definition) is 3. The van der Waals surface area contributed by atoms with Crippen LogP contribution in [0.1, 0.15) is 0 Å². The van der Waals surface area contributed by atoms with Gasteiger partial charge < -0.3 is 5.84 Å². The van der Waals surface area contributed by atoms with Crippen LogP contribution in [0.15, 0.2) is 18.2 Å². The van der Waals surface area contributed by atoms with Gasteiger partial charge in [0.1, 0.15) is 0 Å². The van der Waals surface area contributed by atoms with Gasteiger partial charge in [-0.15, -0.1) is 0 Å². The number of aromatic nitrogens is 3. The van der Waals surface area contributed by atoms with Gasteiger partial charge in [0.05, 0.1) is 0 Å². The van der Waals surface area contributed by atoms with Gasteiger partial charge >= 0.3 is 0 Å². The van der Waals surface area contributed by atoms with E-state index >= 15 is 0 Å². The van der Waals surface area contributed by atoms with Crippen LogP contribution in [0.4, 0.5) is 8.78 Å². The van der Waals surface area contributed by atoms with Gasteiger partial charge in [-0.1, -0.05) is 0 Å². The molecule has 0 atom stereocenters. The first kappa shape index (κ1) is 9.78. The Balaban J connectivity index is 2.59. The van der Waals surface area contributed by atoms with Crippen molar-refractivity contribution in [2.24, 2.45) is 0 Å². The average molecular weight is 228 g/mol. The normalized spacial score (nSPS) is 10.5. The van der Waals surface area contributed by atoms with Crippen molar-refractivity contribution >= 4 is 12.2 Å². The summed E-state index contributed by atoms with van der Waals surface area (Å²) in [4.78, 5) is 0. The average Bonchev–Trinajstić information content (AvgIpc) is 2.53. The molecule has 0 aliphatic carbocycles. The molecule has 1 heterocycles. The van der Waals surface area contributed by atoms with E-state index in [-0.39, 0.29) is 10.6 Å². The highest BCUT2D eigenvalue weighted by Gasteiger charge is 2.09. The van der Waals surface area contributed by atoms with Crippen LogP contribution >= 0.6 is 12.2 Å². The summed E-state index contributed by atoms with van der Waals surface area (Å²) in [6.45, 7) is 0. The Kier molecular flexibility index (Phi) is 2.24. The Morgan fingerprint density at radius 3 is 2.60 bits per heavy atom. The van der Waals surface area contributed by atoms with Gasteiger partial charge in [-0.25, -0.2) is 18.6 Å². The van der Waals surface area contributed by atoms with Gasteiger partial charge in [0.25, 0.3) is 0 Å². The van der Waals surface area contributed by atoms with Crippen LogP contribution in [0, 0.1) is 16.4 Å². The Labute approximate surface area is 88.3 Å². The number of H-pyrrole nitrogens is 1. The largest absolute Gasteiger partial charge is 0.335 e. The molecule has 3 N–H and O–H groups in total. The molecular formula is C8H6F2N4S. The minimum absolute atomic E-state index is 0.203. The third-order valence-corrected chi connectivity index (χ3v) is 2.17. The molecule has 0 aliphatic rings. The lowest BCUT2D eigenvalue weighted by Crippen LogP contribution is -2.10. The molecule has 0 bridgehead atoms. The number of aromatic amines is 1. The maximum atomic E-state index is 12.9. The summed E-state index contributed by atoms with van der Waals surface area (Å²) in [6, 6.07) is 3.37. The Bertz CT molecular complexity index is 560. The molecule has 15 heavy (non-hydrogen) atoms. The second kappa shape index (κ2) is 3.43. The number of nitrogens with one attached hydrogen (secondary N) is 1. The highest BCUT2D eigenvalue weighted by molar-refractivity contribution is 7.71. The number of nitrogen functional groups attached to an aromatic ring is 1. The topological polar surface area (TPSA) is 59.6 Å². The van der Waals surface area contributed by atoms with E-state index in [9.17, 15) is 8.78 Å². The summed E-state index contributed by atoms with van der Waals surface area (Å²) < 4.78 is 26.9. The fourth-order valence-electron chi connectivity index (χ4n) is 1.14. The lowest BCUT2D eigenvalue weighted by Gasteiger charge is -2.00. The first-order chi connectivity index (χ1) is 7.09. The molecule has 4 nitrogen and oxygen atoms in total. The highest BCUT2D eigenvalue weighted by atomic mass is 32.1. The van der Waals surface area contributed by atoms with Crippen molar-refractivity contribution in [2.45, 2.75) is 0 Å². The SMILES string of the molecule is Nn1c(-c2ccc(F)c(F)c2)n[nH]c1=S. The fourth-order valence-corrected chi connectivity index (χ4v) is 1.28. The predicted molar refractivity (Wildman–Crippen MR) is 52.9 cm³/mol. The summed E-state index contributed by atoms with van der Waals surface area (Å²) in [5.74, 6) is 3.90. The van der Waals surface area contributed by atoms with Crippen LogP contribution in [0.3, 0.4) is 0 Å². The van der Waals surface area contributed by atoms with Crippen molar-refractivity contribution in [1.82, 2.24) is 14.9 Å². The summed E-state index contributed by atoms with van der Waals surface area (Å²) in [5, 5.41) is 6.23. The lowest BCUT2D eigenvalue weighted by atomic mass is 10.2. The number of benzene rings is 1. The van der Waals surface area contributed by atoms with E-state index in [2.05, 4.69) is 10.2 Å². The zero-order valence-corrected chi connectivity index (χ0v) is 8.18. The monoisotopic (exact) mass is 228 g/mol. The van der Waals surface area contributed by atoms with Crippen molar-refractivity contribution in [1.29, 1.82) is 0 Å². The molecular weight excluding hydrogens is 222 g/mol. The van der Waals surface area contributed by atoms with Gasteiger partial charge in [0.2, 0.25) is 4.77 Å². The number of nitrogens with zero attached hydrogens (tertiary/aromatic N) is 2. The van der Waals surface area contributed by atoms with E-state index in [4.69, 9.17) is 18.1 Å². The van der Waals surface area contributed by atoms with E-state index in [1.807, 2.05) is 0 Å². The van der Waals surface area contributed by atoms with E-state index in [0.717, 1.165) is 16.8 Å². The standard InChI is InChI=1S/C8H6F2N4S/c9-5-2-1-4(3-6(5)10)7-12-13-8(15)14(7)11/h1-3H,11H2,(H,13,15). The maximum absolute atomic E-state index is 12.9. The molecule has 0 amide bonds. The number of nitrogens with two attached hydrogens (primary N) is 1. The molecule has 0 saturated heterocycles. The zero-order chi connectivity index (χ0) is 11.0. The van der Waals surface area contributed by atoms with Crippen LogP contribution in [0.5, 0.6) is 0 Å². The van der Waals surface area contributed by atoms with Gasteiger partial charge in [-0.05, 0) is 30.4 Å². The molecule has 2 rings (SSSR count). The molecule has 0 aliphatic heterocycles. The summed E-state index contributed by atoms with van der Waals surface area (Å²) in [5.41, 5.74) is 0.351. The van der Waals surface area contributed by atoms with Crippen molar-refractivity contribution in [3.63, 3.8) is 0 Å². The second-order valence-electron chi connectivity index (χ2n) is 2.85. The Morgan fingerprint density at radius 2 is 2.07 bits per heavy atom. The van der Waals surface area contributed by atoms with E-state index in [1.165, 1.54) is 6.07 Å². The van der Waals surface area contributed by atoms with Crippen LogP contribution in [-0.2, 0) is 0 Å². The Hall–Kier alpha value is -1.76. The van der Waals surface area contributed by atoms with Gasteiger partial charge in [-0.3, -0.25) is 0 Å². The summed E-state index contributed by atoms with van der Waals surface area (Å²) in [7, 11) is 0. The van der Waals surface area contributed by atoms with E-state index < -0.39 is 11.6 Å². The molecule has 0 fully saturated rings. The number of hydrogen-bond donors (Lipinski definition) is 2. The number of rotatable bonds is 1. The van der Waals surface area contributed by atoms with Crippen molar-refractivity contribution in [2.75, 3.05) is 5.84 Å². The highest BCUT2D eigenvalue weighted by Crippen LogP contribution is 2.18. The third-order valence-electron chi connectivity index (χ3n) is 1.88. The van der Waals surface area contributed by atoms with Crippen molar-refractivity contribution in [3.05, 3.63) is 34.6 Å². The third kappa shape index (κ3) is 1.61. The molecule has 2 aromatic rings. The lowest BCUT2D eigenvalue weighted by molar-refractivity contribution is 0.509. The molecule has 0 spiro atoms. The van der Waals surface area contributed by atoms with Crippen LogP contribution in [0.25, 0.3) is 11.4 Å². The predicted octanol–water partition coefficient (Wildman–Crippen LogP) is 1.60. The molecule has 7 heteroatoms. The van der Waals surface area contributed by atoms with Crippen LogP contribution in [0.2, 0.25) is 0 Å². The van der Waals surface area contributed by atoms with Crippen LogP contribution in [-0.4, -0.2) is 14.9 Å². The van der Waals surface area contributed by atoms with E-state index in [0.29, 0.717) is 5.56 Å². The molecule has 0 radical (unpaired) electrons. The Morgan fingerprint density at radius 1 is 1.33 bits per heavy atom. The first-order valence-electron chi connectivity index (χ1n) is 3.97. The molecule has 1 aromatic carbocycles. The van der Waals surface area contributed by atoms with E-state index in [1.54, 1.807) is 0 Å². The smallest absolute Gasteiger partial charge is 0.214 e. The molecule has 0 unspecified atom stereocenters.